The number of aromatic nitrogens is 6. The number of hydrogen-bond donors (Lipinski definition) is 5. The lowest BCUT2D eigenvalue weighted by Gasteiger charge is -2.17. The van der Waals surface area contributed by atoms with Crippen molar-refractivity contribution < 1.29 is 29.4 Å². The number of aliphatic hydroxyl groups is 2. The van der Waals surface area contributed by atoms with Gasteiger partial charge in [0.25, 0.3) is 12.4 Å². The topological polar surface area (TPSA) is 208 Å². The van der Waals surface area contributed by atoms with Crippen molar-refractivity contribution in [1.82, 2.24) is 29.7 Å². The second kappa shape index (κ2) is 9.02. The molecule has 6 N–H and O–H groups in total. The summed E-state index contributed by atoms with van der Waals surface area (Å²) in [5, 5.41) is 35.0. The Morgan fingerprint density at radius 1 is 1.22 bits per heavy atom. The third-order valence-electron chi connectivity index (χ3n) is 5.44. The quantitative estimate of drug-likeness (QED) is 0.337. The molecule has 4 atom stereocenters. The van der Waals surface area contributed by atoms with Crippen molar-refractivity contribution in [3.05, 3.63) is 18.0 Å². The number of imidazole rings is 1. The van der Waals surface area contributed by atoms with Crippen LogP contribution in [0.2, 0.25) is 0 Å². The number of carbonyl (C=O) groups is 1. The monoisotopic (exact) mass is 448 g/mol. The molecule has 0 amide bonds. The number of hydrogen-bond acceptors (Lipinski definition) is 12. The van der Waals surface area contributed by atoms with Gasteiger partial charge in [-0.1, -0.05) is 18.0 Å². The highest BCUT2D eigenvalue weighted by Gasteiger charge is 2.47. The maximum atomic E-state index is 10.6. The number of anilines is 2. The number of nitrogens with zero attached hydrogens (tertiary/aromatic N) is 6. The molecule has 3 aromatic heterocycles. The van der Waals surface area contributed by atoms with E-state index in [4.69, 9.17) is 24.9 Å². The number of fused-ring (bicyclic) bond motifs is 1. The zero-order valence-electron chi connectivity index (χ0n) is 17.2. The van der Waals surface area contributed by atoms with Crippen LogP contribution in [0.1, 0.15) is 49.7 Å². The standard InChI is InChI=1S/C17H22N8O4.CH2O2/c1-7-20-15(29-24-7)12-10(26)11(27)16(28-12)25-6-19-9-13(18)22-17(23-14(9)25)21-8-4-2-3-5-8;2-1-3/h6,8,10-12,16,26-27H,2-5H2,1H3,(H3,18,21,22,23);1H,(H,2,3)/t10-,11+,12-,16+;/m0./s1. The van der Waals surface area contributed by atoms with E-state index < -0.39 is 24.5 Å². The lowest BCUT2D eigenvalue weighted by Crippen LogP contribution is -2.29. The van der Waals surface area contributed by atoms with Crippen LogP contribution in [0.3, 0.4) is 0 Å². The van der Waals surface area contributed by atoms with Crippen LogP contribution in [0.5, 0.6) is 0 Å². The van der Waals surface area contributed by atoms with Gasteiger partial charge in [0.1, 0.15) is 17.7 Å². The van der Waals surface area contributed by atoms with Gasteiger partial charge in [-0.05, 0) is 19.8 Å². The van der Waals surface area contributed by atoms with Gasteiger partial charge >= 0.3 is 0 Å². The van der Waals surface area contributed by atoms with E-state index >= 15 is 0 Å². The number of aryl methyl sites for hydroxylation is 1. The molecule has 0 bridgehead atoms. The number of ether oxygens (including phenoxy) is 1. The SMILES string of the molecule is Cc1noc([C@H]2O[C@@H](n3cnc4c(N)nc(NC5CCCC5)nc43)[C@H](O)[C@@H]2O)n1.O=CO. The van der Waals surface area contributed by atoms with E-state index in [1.807, 2.05) is 0 Å². The Balaban J connectivity index is 0.000000775. The van der Waals surface area contributed by atoms with Gasteiger partial charge in [0.05, 0.1) is 6.33 Å². The molecule has 3 aromatic rings. The third-order valence-corrected chi connectivity index (χ3v) is 5.44. The summed E-state index contributed by atoms with van der Waals surface area (Å²) < 4.78 is 12.5. The number of nitrogens with one attached hydrogen (secondary N) is 1. The van der Waals surface area contributed by atoms with E-state index in [2.05, 4.69) is 30.4 Å². The van der Waals surface area contributed by atoms with Gasteiger partial charge in [-0.15, -0.1) is 0 Å². The van der Waals surface area contributed by atoms with E-state index in [0.29, 0.717) is 29.0 Å². The van der Waals surface area contributed by atoms with E-state index in [0.717, 1.165) is 12.8 Å². The van der Waals surface area contributed by atoms with Gasteiger partial charge < -0.3 is 35.6 Å². The van der Waals surface area contributed by atoms with Crippen molar-refractivity contribution in [3.63, 3.8) is 0 Å². The molecule has 5 rings (SSSR count). The lowest BCUT2D eigenvalue weighted by molar-refractivity contribution is -0.122. The predicted molar refractivity (Wildman–Crippen MR) is 108 cm³/mol. The molecule has 14 nitrogen and oxygen atoms in total. The minimum absolute atomic E-state index is 0.0960. The number of nitrogens with two attached hydrogens (primary N) is 1. The van der Waals surface area contributed by atoms with Crippen LogP contribution in [0.15, 0.2) is 10.9 Å². The predicted octanol–water partition coefficient (Wildman–Crippen LogP) is 0.147. The fourth-order valence-corrected chi connectivity index (χ4v) is 3.96. The summed E-state index contributed by atoms with van der Waals surface area (Å²) in [7, 11) is 0. The fraction of sp³-hybridized carbons (Fsp3) is 0.556. The molecule has 0 aromatic carbocycles. The summed E-state index contributed by atoms with van der Waals surface area (Å²) in [5.74, 6) is 1.13. The van der Waals surface area contributed by atoms with Crippen molar-refractivity contribution in [2.75, 3.05) is 11.1 Å². The molecular weight excluding hydrogens is 424 g/mol. The fourth-order valence-electron chi connectivity index (χ4n) is 3.96. The summed E-state index contributed by atoms with van der Waals surface area (Å²) >= 11 is 0. The minimum atomic E-state index is -1.26. The molecule has 0 spiro atoms. The molecular formula is C18H24N8O6. The lowest BCUT2D eigenvalue weighted by atomic mass is 10.1. The summed E-state index contributed by atoms with van der Waals surface area (Å²) in [6.07, 6.45) is 1.47. The van der Waals surface area contributed by atoms with Crippen molar-refractivity contribution in [2.24, 2.45) is 0 Å². The summed E-state index contributed by atoms with van der Waals surface area (Å²) in [6, 6.07) is 0.309. The Kier molecular flexibility index (Phi) is 6.16. The molecule has 172 valence electrons. The zero-order valence-corrected chi connectivity index (χ0v) is 17.2. The van der Waals surface area contributed by atoms with Crippen LogP contribution in [0.4, 0.5) is 11.8 Å². The first-order chi connectivity index (χ1) is 15.4. The summed E-state index contributed by atoms with van der Waals surface area (Å²) in [5.41, 5.74) is 6.87. The Hall–Kier alpha value is -3.36. The van der Waals surface area contributed by atoms with Crippen LogP contribution < -0.4 is 11.1 Å². The average molecular weight is 448 g/mol. The smallest absolute Gasteiger partial charge is 0.290 e. The van der Waals surface area contributed by atoms with Crippen molar-refractivity contribution in [2.45, 2.75) is 63.2 Å². The van der Waals surface area contributed by atoms with E-state index in [1.165, 1.54) is 23.7 Å². The number of carboxylic acid groups (broad SMARTS) is 1. The molecule has 0 unspecified atom stereocenters. The number of rotatable bonds is 4. The summed E-state index contributed by atoms with van der Waals surface area (Å²) in [4.78, 5) is 25.5. The highest BCUT2D eigenvalue weighted by molar-refractivity contribution is 5.83. The van der Waals surface area contributed by atoms with Gasteiger partial charge in [-0.3, -0.25) is 9.36 Å². The van der Waals surface area contributed by atoms with Crippen molar-refractivity contribution >= 4 is 29.4 Å². The maximum absolute atomic E-state index is 10.6. The van der Waals surface area contributed by atoms with Gasteiger partial charge in [-0.2, -0.15) is 15.0 Å². The Morgan fingerprint density at radius 2 is 1.94 bits per heavy atom. The molecule has 4 heterocycles. The minimum Gasteiger partial charge on any atom is -0.483 e. The largest absolute Gasteiger partial charge is 0.483 e. The van der Waals surface area contributed by atoms with Gasteiger partial charge in [0.15, 0.2) is 29.6 Å². The van der Waals surface area contributed by atoms with Gasteiger partial charge in [0, 0.05) is 6.04 Å². The molecule has 1 saturated heterocycles. The average Bonchev–Trinajstić information content (AvgIpc) is 3.53. The van der Waals surface area contributed by atoms with Crippen molar-refractivity contribution in [1.29, 1.82) is 0 Å². The number of nitrogen functional groups attached to an aromatic ring is 1. The zero-order chi connectivity index (χ0) is 22.8. The van der Waals surface area contributed by atoms with Crippen LogP contribution in [0.25, 0.3) is 11.2 Å². The first-order valence-corrected chi connectivity index (χ1v) is 10.1. The molecule has 1 aliphatic heterocycles. The van der Waals surface area contributed by atoms with Crippen molar-refractivity contribution in [3.8, 4) is 0 Å². The Morgan fingerprint density at radius 3 is 2.59 bits per heavy atom. The molecule has 32 heavy (non-hydrogen) atoms. The molecule has 1 saturated carbocycles. The van der Waals surface area contributed by atoms with E-state index in [1.54, 1.807) is 6.92 Å². The Labute approximate surface area is 181 Å². The molecule has 0 radical (unpaired) electrons. The van der Waals surface area contributed by atoms with Crippen LogP contribution >= 0.6 is 0 Å². The van der Waals surface area contributed by atoms with Crippen LogP contribution in [0, 0.1) is 6.92 Å². The Bertz CT molecular complexity index is 1080. The second-order valence-corrected chi connectivity index (χ2v) is 7.60. The summed E-state index contributed by atoms with van der Waals surface area (Å²) in [6.45, 7) is 1.41. The van der Waals surface area contributed by atoms with E-state index in [9.17, 15) is 10.2 Å². The molecule has 14 heteroatoms. The van der Waals surface area contributed by atoms with Gasteiger partial charge in [0.2, 0.25) is 5.95 Å². The normalized spacial score (nSPS) is 25.6. The first-order valence-electron chi connectivity index (χ1n) is 10.1. The number of aliphatic hydroxyl groups excluding tert-OH is 2. The van der Waals surface area contributed by atoms with Gasteiger partial charge in [-0.25, -0.2) is 4.98 Å². The third kappa shape index (κ3) is 4.06. The maximum Gasteiger partial charge on any atom is 0.290 e. The highest BCUT2D eigenvalue weighted by Crippen LogP contribution is 2.39. The van der Waals surface area contributed by atoms with Crippen LogP contribution in [-0.4, -0.2) is 69.7 Å². The van der Waals surface area contributed by atoms with Crippen LogP contribution in [-0.2, 0) is 9.53 Å². The molecule has 2 fully saturated rings. The molecule has 1 aliphatic carbocycles. The molecule has 2 aliphatic rings. The highest BCUT2D eigenvalue weighted by atomic mass is 16.6. The second-order valence-electron chi connectivity index (χ2n) is 7.60. The van der Waals surface area contributed by atoms with E-state index in [-0.39, 0.29) is 18.2 Å². The first kappa shape index (κ1) is 21.9.